The van der Waals surface area contributed by atoms with E-state index in [4.69, 9.17) is 4.42 Å². The quantitative estimate of drug-likeness (QED) is 0.857. The summed E-state index contributed by atoms with van der Waals surface area (Å²) in [6, 6.07) is 7.96. The fourth-order valence-corrected chi connectivity index (χ4v) is 2.70. The van der Waals surface area contributed by atoms with Crippen molar-refractivity contribution in [3.05, 3.63) is 48.2 Å². The lowest BCUT2D eigenvalue weighted by atomic mass is 10.1. The normalized spacial score (nSPS) is 16.6. The number of Topliss-reactive ketones (excluding diaryl/α,β-unsaturated/α-hetero) is 1. The van der Waals surface area contributed by atoms with Crippen LogP contribution in [0.1, 0.15) is 35.1 Å². The van der Waals surface area contributed by atoms with Crippen molar-refractivity contribution in [2.45, 2.75) is 25.3 Å². The number of nitrogens with zero attached hydrogens (tertiary/aromatic N) is 1. The number of ketones is 1. The Hall–Kier alpha value is -1.81. The summed E-state index contributed by atoms with van der Waals surface area (Å²) >= 11 is 0. The molecule has 4 nitrogen and oxygen atoms in total. The summed E-state index contributed by atoms with van der Waals surface area (Å²) in [6.45, 7) is 2.04. The average Bonchev–Trinajstić information content (AvgIpc) is 3.10. The predicted molar refractivity (Wildman–Crippen MR) is 72.3 cm³/mol. The van der Waals surface area contributed by atoms with E-state index in [2.05, 4.69) is 9.88 Å². The van der Waals surface area contributed by atoms with Gasteiger partial charge in [-0.05, 0) is 50.2 Å². The minimum absolute atomic E-state index is 0.124. The van der Waals surface area contributed by atoms with Crippen molar-refractivity contribution in [1.82, 2.24) is 9.88 Å². The predicted octanol–water partition coefficient (Wildman–Crippen LogP) is 2.43. The molecule has 2 aromatic heterocycles. The Morgan fingerprint density at radius 3 is 2.89 bits per heavy atom. The molecule has 0 atom stereocenters. The van der Waals surface area contributed by atoms with E-state index in [0.717, 1.165) is 37.4 Å². The molecule has 0 bridgehead atoms. The van der Waals surface area contributed by atoms with Gasteiger partial charge >= 0.3 is 0 Å². The molecule has 2 aromatic rings. The van der Waals surface area contributed by atoms with Crippen molar-refractivity contribution >= 4 is 5.78 Å². The van der Waals surface area contributed by atoms with E-state index in [1.165, 1.54) is 0 Å². The Bertz CT molecular complexity index is 536. The van der Waals surface area contributed by atoms with Gasteiger partial charge in [-0.3, -0.25) is 4.79 Å². The molecule has 0 unspecified atom stereocenters. The summed E-state index contributed by atoms with van der Waals surface area (Å²) in [5.41, 5.74) is 0.795. The van der Waals surface area contributed by atoms with E-state index < -0.39 is 0 Å². The molecule has 1 N–H and O–H groups in total. The first-order valence-electron chi connectivity index (χ1n) is 6.78. The molecule has 0 radical (unpaired) electrons. The fraction of sp³-hybridized carbons (Fsp3) is 0.400. The van der Waals surface area contributed by atoms with Crippen LogP contribution in [0.5, 0.6) is 0 Å². The number of aromatic nitrogens is 1. The molecule has 19 heavy (non-hydrogen) atoms. The molecule has 100 valence electrons. The minimum Gasteiger partial charge on any atom is -0.469 e. The second kappa shape index (κ2) is 5.45. The van der Waals surface area contributed by atoms with E-state index in [9.17, 15) is 4.79 Å². The van der Waals surface area contributed by atoms with Crippen LogP contribution in [-0.2, 0) is 6.42 Å². The van der Waals surface area contributed by atoms with Gasteiger partial charge < -0.3 is 14.3 Å². The molecule has 1 aliphatic rings. The maximum atomic E-state index is 12.3. The van der Waals surface area contributed by atoms with Gasteiger partial charge in [0.2, 0.25) is 0 Å². The average molecular weight is 258 g/mol. The molecule has 3 heterocycles. The molecule has 0 aliphatic carbocycles. The van der Waals surface area contributed by atoms with Crippen LogP contribution < -0.4 is 5.32 Å². The SMILES string of the molecule is O=C(Cc1ccco1)c1cccn1C1CCNCC1. The van der Waals surface area contributed by atoms with E-state index in [0.29, 0.717) is 12.5 Å². The zero-order valence-electron chi connectivity index (χ0n) is 10.8. The second-order valence-corrected chi connectivity index (χ2v) is 4.96. The summed E-state index contributed by atoms with van der Waals surface area (Å²) in [7, 11) is 0. The van der Waals surface area contributed by atoms with Gasteiger partial charge in [0, 0.05) is 12.2 Å². The highest BCUT2D eigenvalue weighted by Gasteiger charge is 2.20. The molecule has 1 aliphatic heterocycles. The first-order chi connectivity index (χ1) is 9.34. The molecule has 0 aromatic carbocycles. The van der Waals surface area contributed by atoms with Crippen LogP contribution in [0.25, 0.3) is 0 Å². The third-order valence-corrected chi connectivity index (χ3v) is 3.68. The third kappa shape index (κ3) is 2.63. The molecule has 1 fully saturated rings. The van der Waals surface area contributed by atoms with Gasteiger partial charge in [-0.15, -0.1) is 0 Å². The van der Waals surface area contributed by atoms with E-state index in [-0.39, 0.29) is 5.78 Å². The second-order valence-electron chi connectivity index (χ2n) is 4.96. The Labute approximate surface area is 112 Å². The van der Waals surface area contributed by atoms with Crippen LogP contribution in [0.4, 0.5) is 0 Å². The van der Waals surface area contributed by atoms with Crippen LogP contribution >= 0.6 is 0 Å². The number of hydrogen-bond acceptors (Lipinski definition) is 3. The van der Waals surface area contributed by atoms with Crippen molar-refractivity contribution in [1.29, 1.82) is 0 Å². The number of furan rings is 1. The van der Waals surface area contributed by atoms with E-state index >= 15 is 0 Å². The lowest BCUT2D eigenvalue weighted by Crippen LogP contribution is -2.30. The largest absolute Gasteiger partial charge is 0.469 e. The molecule has 0 amide bonds. The zero-order chi connectivity index (χ0) is 13.1. The number of hydrogen-bond donors (Lipinski definition) is 1. The highest BCUT2D eigenvalue weighted by molar-refractivity contribution is 5.95. The van der Waals surface area contributed by atoms with Gasteiger partial charge in [0.05, 0.1) is 18.4 Å². The Morgan fingerprint density at radius 1 is 1.32 bits per heavy atom. The number of rotatable bonds is 4. The summed E-state index contributed by atoms with van der Waals surface area (Å²) in [5, 5.41) is 3.35. The van der Waals surface area contributed by atoms with Gasteiger partial charge in [-0.1, -0.05) is 0 Å². The van der Waals surface area contributed by atoms with Gasteiger partial charge in [0.1, 0.15) is 5.76 Å². The van der Waals surface area contributed by atoms with Crippen LogP contribution in [0.2, 0.25) is 0 Å². The van der Waals surface area contributed by atoms with Gasteiger partial charge in [0.15, 0.2) is 5.78 Å². The monoisotopic (exact) mass is 258 g/mol. The smallest absolute Gasteiger partial charge is 0.186 e. The molecule has 0 spiro atoms. The van der Waals surface area contributed by atoms with Crippen molar-refractivity contribution in [2.75, 3.05) is 13.1 Å². The standard InChI is InChI=1S/C15H18N2O2/c18-15(11-13-3-2-10-19-13)14-4-1-9-17(14)12-5-7-16-8-6-12/h1-4,9-10,12,16H,5-8,11H2. The Morgan fingerprint density at radius 2 is 2.16 bits per heavy atom. The third-order valence-electron chi connectivity index (χ3n) is 3.68. The molecule has 4 heteroatoms. The lowest BCUT2D eigenvalue weighted by Gasteiger charge is -2.25. The number of piperidine rings is 1. The zero-order valence-corrected chi connectivity index (χ0v) is 10.8. The van der Waals surface area contributed by atoms with E-state index in [1.807, 2.05) is 30.5 Å². The lowest BCUT2D eigenvalue weighted by molar-refractivity contribution is 0.0974. The van der Waals surface area contributed by atoms with Crippen molar-refractivity contribution in [2.24, 2.45) is 0 Å². The van der Waals surface area contributed by atoms with Gasteiger partial charge in [-0.25, -0.2) is 0 Å². The Kier molecular flexibility index (Phi) is 3.51. The summed E-state index contributed by atoms with van der Waals surface area (Å²) < 4.78 is 7.38. The van der Waals surface area contributed by atoms with Crippen molar-refractivity contribution in [3.8, 4) is 0 Å². The maximum absolute atomic E-state index is 12.3. The highest BCUT2D eigenvalue weighted by atomic mass is 16.3. The van der Waals surface area contributed by atoms with Crippen LogP contribution in [0.15, 0.2) is 41.1 Å². The number of carbonyl (C=O) groups excluding carboxylic acids is 1. The van der Waals surface area contributed by atoms with Gasteiger partial charge in [-0.2, -0.15) is 0 Å². The summed E-state index contributed by atoms with van der Waals surface area (Å²) in [4.78, 5) is 12.3. The first kappa shape index (κ1) is 12.2. The van der Waals surface area contributed by atoms with Crippen LogP contribution in [0, 0.1) is 0 Å². The molecular weight excluding hydrogens is 240 g/mol. The minimum atomic E-state index is 0.124. The van der Waals surface area contributed by atoms with Crippen LogP contribution in [-0.4, -0.2) is 23.4 Å². The first-order valence-corrected chi connectivity index (χ1v) is 6.78. The molecule has 3 rings (SSSR count). The molecule has 0 saturated carbocycles. The number of carbonyl (C=O) groups is 1. The highest BCUT2D eigenvalue weighted by Crippen LogP contribution is 2.22. The number of nitrogens with one attached hydrogen (secondary N) is 1. The van der Waals surface area contributed by atoms with E-state index in [1.54, 1.807) is 6.26 Å². The molecule has 1 saturated heterocycles. The maximum Gasteiger partial charge on any atom is 0.186 e. The van der Waals surface area contributed by atoms with Crippen LogP contribution in [0.3, 0.4) is 0 Å². The summed E-state index contributed by atoms with van der Waals surface area (Å²) in [6.07, 6.45) is 6.12. The summed E-state index contributed by atoms with van der Waals surface area (Å²) in [5.74, 6) is 0.849. The fourth-order valence-electron chi connectivity index (χ4n) is 2.70. The van der Waals surface area contributed by atoms with Gasteiger partial charge in [0.25, 0.3) is 0 Å². The Balaban J connectivity index is 1.77. The molecular formula is C15H18N2O2. The topological polar surface area (TPSA) is 47.2 Å². The van der Waals surface area contributed by atoms with Crippen molar-refractivity contribution < 1.29 is 9.21 Å². The van der Waals surface area contributed by atoms with Crippen molar-refractivity contribution in [3.63, 3.8) is 0 Å².